The van der Waals surface area contributed by atoms with Crippen molar-refractivity contribution in [3.8, 4) is 0 Å². The van der Waals surface area contributed by atoms with E-state index in [0.717, 1.165) is 30.2 Å². The van der Waals surface area contributed by atoms with E-state index in [2.05, 4.69) is 15.0 Å². The van der Waals surface area contributed by atoms with Crippen molar-refractivity contribution in [1.29, 1.82) is 0 Å². The Morgan fingerprint density at radius 3 is 1.88 bits per heavy atom. The van der Waals surface area contributed by atoms with Crippen LogP contribution in [0.1, 0.15) is 23.6 Å². The first-order valence-corrected chi connectivity index (χ1v) is 13.5. The summed E-state index contributed by atoms with van der Waals surface area (Å²) in [5.74, 6) is -2.51. The van der Waals surface area contributed by atoms with E-state index < -0.39 is 30.1 Å². The third kappa shape index (κ3) is 6.67. The van der Waals surface area contributed by atoms with Crippen LogP contribution in [0.2, 0.25) is 0 Å². The Labute approximate surface area is 244 Å². The van der Waals surface area contributed by atoms with Gasteiger partial charge in [0.15, 0.2) is 0 Å². The molecular formula is C33H34F3N3O3. The van der Waals surface area contributed by atoms with Crippen LogP contribution in [0.25, 0.3) is 0 Å². The molecule has 0 spiro atoms. The first kappa shape index (κ1) is 30.4. The van der Waals surface area contributed by atoms with E-state index in [1.165, 1.54) is 18.2 Å². The molecule has 0 fully saturated rings. The summed E-state index contributed by atoms with van der Waals surface area (Å²) in [7, 11) is 2.27. The molecule has 0 saturated carbocycles. The van der Waals surface area contributed by atoms with Crippen LogP contribution in [0.4, 0.5) is 18.9 Å². The van der Waals surface area contributed by atoms with Gasteiger partial charge in [0.25, 0.3) is 5.91 Å². The monoisotopic (exact) mass is 577 g/mol. The highest BCUT2D eigenvalue weighted by molar-refractivity contribution is 5.91. The van der Waals surface area contributed by atoms with Gasteiger partial charge in [-0.2, -0.15) is 13.2 Å². The quantitative estimate of drug-likeness (QED) is 0.285. The minimum atomic E-state index is -5.06. The summed E-state index contributed by atoms with van der Waals surface area (Å²) in [5, 5.41) is 2.55. The third-order valence-corrected chi connectivity index (χ3v) is 7.28. The number of alkyl halides is 3. The van der Waals surface area contributed by atoms with Crippen LogP contribution in [0.3, 0.4) is 0 Å². The molecule has 1 N–H and O–H groups in total. The lowest BCUT2D eigenvalue weighted by Gasteiger charge is -2.40. The molecule has 0 radical (unpaired) electrons. The number of nitrogens with zero attached hydrogens (tertiary/aromatic N) is 2. The van der Waals surface area contributed by atoms with Gasteiger partial charge in [-0.3, -0.25) is 9.59 Å². The van der Waals surface area contributed by atoms with Crippen molar-refractivity contribution in [2.45, 2.75) is 31.7 Å². The highest BCUT2D eigenvalue weighted by atomic mass is 19.4. The highest BCUT2D eigenvalue weighted by Gasteiger charge is 2.63. The number of halogens is 3. The summed E-state index contributed by atoms with van der Waals surface area (Å²) in [5.41, 5.74) is -0.431. The number of carbonyl (C=O) groups is 2. The SMILES string of the molecule is COC(=O)CN(C)C(=O)C(NC1=CC=CC1C)(c1ccc(N(Cc2ccccc2)Cc2ccccc2)cc1)C(F)(F)F. The summed E-state index contributed by atoms with van der Waals surface area (Å²) in [4.78, 5) is 28.5. The smallest absolute Gasteiger partial charge is 0.424 e. The zero-order valence-corrected chi connectivity index (χ0v) is 23.8. The Balaban J connectivity index is 1.77. The predicted molar refractivity (Wildman–Crippen MR) is 156 cm³/mol. The number of benzene rings is 3. The molecule has 1 amide bonds. The maximum atomic E-state index is 15.2. The van der Waals surface area contributed by atoms with Gasteiger partial charge in [-0.05, 0) is 34.9 Å². The van der Waals surface area contributed by atoms with Gasteiger partial charge in [-0.15, -0.1) is 0 Å². The molecule has 2 atom stereocenters. The Kier molecular flexibility index (Phi) is 9.40. The predicted octanol–water partition coefficient (Wildman–Crippen LogP) is 5.96. The zero-order chi connectivity index (χ0) is 30.3. The molecule has 1 aliphatic rings. The zero-order valence-electron chi connectivity index (χ0n) is 23.8. The van der Waals surface area contributed by atoms with E-state index in [1.54, 1.807) is 31.2 Å². The lowest BCUT2D eigenvalue weighted by molar-refractivity contribution is -0.207. The van der Waals surface area contributed by atoms with Crippen molar-refractivity contribution < 1.29 is 27.5 Å². The minimum Gasteiger partial charge on any atom is -0.468 e. The molecule has 42 heavy (non-hydrogen) atoms. The highest BCUT2D eigenvalue weighted by Crippen LogP contribution is 2.43. The second-order valence-electron chi connectivity index (χ2n) is 10.3. The maximum absolute atomic E-state index is 15.2. The van der Waals surface area contributed by atoms with Gasteiger partial charge >= 0.3 is 12.1 Å². The van der Waals surface area contributed by atoms with Gasteiger partial charge in [0.2, 0.25) is 5.54 Å². The van der Waals surface area contributed by atoms with Crippen LogP contribution in [0, 0.1) is 5.92 Å². The molecule has 9 heteroatoms. The number of ether oxygens (including phenoxy) is 1. The van der Waals surface area contributed by atoms with Crippen LogP contribution >= 0.6 is 0 Å². The molecular weight excluding hydrogens is 543 g/mol. The summed E-state index contributed by atoms with van der Waals surface area (Å²) < 4.78 is 50.3. The van der Waals surface area contributed by atoms with Crippen molar-refractivity contribution in [3.05, 3.63) is 126 Å². The summed E-state index contributed by atoms with van der Waals surface area (Å²) in [6.45, 7) is 2.14. The van der Waals surface area contributed by atoms with Gasteiger partial charge < -0.3 is 19.9 Å². The van der Waals surface area contributed by atoms with Gasteiger partial charge in [-0.25, -0.2) is 0 Å². The molecule has 0 aromatic heterocycles. The average Bonchev–Trinajstić information content (AvgIpc) is 3.39. The standard InChI is InChI=1S/C33H34F3N3O3/c1-24-11-10-16-29(24)37-32(33(34,35)36,31(41)38(2)23-30(40)42-3)27-17-19-28(20-18-27)39(21-25-12-6-4-7-13-25)22-26-14-8-5-9-15-26/h4-20,24,37H,21-23H2,1-3H3. The number of nitrogens with one attached hydrogen (secondary N) is 1. The second kappa shape index (κ2) is 13.0. The summed E-state index contributed by atoms with van der Waals surface area (Å²) in [6, 6.07) is 25.4. The van der Waals surface area contributed by atoms with Gasteiger partial charge in [0, 0.05) is 37.4 Å². The molecule has 1 aliphatic carbocycles. The molecule has 3 aromatic rings. The fourth-order valence-electron chi connectivity index (χ4n) is 4.94. The van der Waals surface area contributed by atoms with Gasteiger partial charge in [0.05, 0.1) is 7.11 Å². The lowest BCUT2D eigenvalue weighted by atomic mass is 9.86. The number of hydrogen-bond acceptors (Lipinski definition) is 5. The summed E-state index contributed by atoms with van der Waals surface area (Å²) in [6.07, 6.45) is -0.160. The Morgan fingerprint density at radius 2 is 1.43 bits per heavy atom. The van der Waals surface area contributed by atoms with E-state index >= 15 is 13.2 Å². The molecule has 3 aromatic carbocycles. The van der Waals surface area contributed by atoms with E-state index in [0.29, 0.717) is 18.8 Å². The van der Waals surface area contributed by atoms with Crippen LogP contribution < -0.4 is 10.2 Å². The van der Waals surface area contributed by atoms with Crippen LogP contribution in [-0.4, -0.2) is 43.7 Å². The van der Waals surface area contributed by atoms with Gasteiger partial charge in [-0.1, -0.05) is 91.9 Å². The van der Waals surface area contributed by atoms with Crippen LogP contribution in [0.15, 0.2) is 109 Å². The fourth-order valence-corrected chi connectivity index (χ4v) is 4.94. The van der Waals surface area contributed by atoms with E-state index in [4.69, 9.17) is 0 Å². The number of anilines is 1. The molecule has 0 aliphatic heterocycles. The molecule has 220 valence electrons. The van der Waals surface area contributed by atoms with Crippen molar-refractivity contribution in [3.63, 3.8) is 0 Å². The molecule has 0 saturated heterocycles. The van der Waals surface area contributed by atoms with Crippen molar-refractivity contribution >= 4 is 17.6 Å². The number of amides is 1. The van der Waals surface area contributed by atoms with E-state index in [1.807, 2.05) is 60.7 Å². The van der Waals surface area contributed by atoms with E-state index in [9.17, 15) is 9.59 Å². The minimum absolute atomic E-state index is 0.242. The molecule has 0 bridgehead atoms. The number of rotatable bonds is 11. The van der Waals surface area contributed by atoms with Crippen molar-refractivity contribution in [2.24, 2.45) is 5.92 Å². The Morgan fingerprint density at radius 1 is 0.881 bits per heavy atom. The number of methoxy groups -OCH3 is 1. The second-order valence-corrected chi connectivity index (χ2v) is 10.3. The molecule has 4 rings (SSSR count). The van der Waals surface area contributed by atoms with Crippen molar-refractivity contribution in [2.75, 3.05) is 25.6 Å². The van der Waals surface area contributed by atoms with Crippen LogP contribution in [0.5, 0.6) is 0 Å². The van der Waals surface area contributed by atoms with Crippen molar-refractivity contribution in [1.82, 2.24) is 10.2 Å². The maximum Gasteiger partial charge on any atom is 0.424 e. The Hall–Kier alpha value is -4.53. The Bertz CT molecular complexity index is 1380. The number of esters is 1. The number of likely N-dealkylation sites (N-methyl/N-ethyl adjacent to an activating group) is 1. The topological polar surface area (TPSA) is 61.9 Å². The number of allylic oxidation sites excluding steroid dienone is 3. The number of hydrogen-bond donors (Lipinski definition) is 1. The largest absolute Gasteiger partial charge is 0.468 e. The molecule has 0 heterocycles. The normalized spacial score (nSPS) is 15.9. The fraction of sp³-hybridized carbons (Fsp3) is 0.273. The first-order chi connectivity index (χ1) is 20.0. The average molecular weight is 578 g/mol. The molecule has 6 nitrogen and oxygen atoms in total. The summed E-state index contributed by atoms with van der Waals surface area (Å²) >= 11 is 0. The van der Waals surface area contributed by atoms with Crippen LogP contribution in [-0.2, 0) is 33.0 Å². The number of carbonyl (C=O) groups excluding carboxylic acids is 2. The van der Waals surface area contributed by atoms with Gasteiger partial charge in [0.1, 0.15) is 6.54 Å². The molecule has 2 unspecified atom stereocenters. The lowest BCUT2D eigenvalue weighted by Crippen LogP contribution is -2.63. The van der Waals surface area contributed by atoms with E-state index in [-0.39, 0.29) is 17.2 Å². The first-order valence-electron chi connectivity index (χ1n) is 13.5. The third-order valence-electron chi connectivity index (χ3n) is 7.28.